The second-order valence-corrected chi connectivity index (χ2v) is 7.27. The first-order valence-corrected chi connectivity index (χ1v) is 9.72. The van der Waals surface area contributed by atoms with Crippen LogP contribution in [-0.2, 0) is 0 Å². The number of nitrogens with zero attached hydrogens (tertiary/aromatic N) is 4. The number of thioether (sulfide) groups is 1. The SMILES string of the molecule is O=[N+]([O-])c1ccccc1OCCSc1nnc(C2CC2)n1-c1ccccc1. The molecule has 1 aliphatic carbocycles. The summed E-state index contributed by atoms with van der Waals surface area (Å²) in [6, 6.07) is 16.5. The van der Waals surface area contributed by atoms with Crippen LogP contribution in [0.3, 0.4) is 0 Å². The van der Waals surface area contributed by atoms with Gasteiger partial charge in [-0.2, -0.15) is 0 Å². The van der Waals surface area contributed by atoms with E-state index in [0.29, 0.717) is 18.3 Å². The van der Waals surface area contributed by atoms with Gasteiger partial charge in [0.1, 0.15) is 5.82 Å². The molecule has 4 rings (SSSR count). The molecule has 1 aromatic heterocycles. The van der Waals surface area contributed by atoms with Crippen molar-refractivity contribution in [1.82, 2.24) is 14.8 Å². The van der Waals surface area contributed by atoms with Crippen molar-refractivity contribution in [3.63, 3.8) is 0 Å². The molecule has 8 heteroatoms. The van der Waals surface area contributed by atoms with Gasteiger partial charge in [-0.15, -0.1) is 10.2 Å². The Balaban J connectivity index is 1.44. The van der Waals surface area contributed by atoms with Gasteiger partial charge in [-0.25, -0.2) is 0 Å². The Morgan fingerprint density at radius 2 is 1.85 bits per heavy atom. The summed E-state index contributed by atoms with van der Waals surface area (Å²) >= 11 is 1.54. The average Bonchev–Trinajstić information content (AvgIpc) is 3.46. The molecule has 1 heterocycles. The second kappa shape index (κ2) is 7.79. The molecule has 1 aliphatic rings. The van der Waals surface area contributed by atoms with E-state index in [-0.39, 0.29) is 11.4 Å². The second-order valence-electron chi connectivity index (χ2n) is 6.21. The Morgan fingerprint density at radius 3 is 2.59 bits per heavy atom. The Morgan fingerprint density at radius 1 is 1.11 bits per heavy atom. The van der Waals surface area contributed by atoms with Crippen LogP contribution in [0.4, 0.5) is 5.69 Å². The van der Waals surface area contributed by atoms with Crippen molar-refractivity contribution >= 4 is 17.4 Å². The van der Waals surface area contributed by atoms with Crippen molar-refractivity contribution in [3.05, 3.63) is 70.5 Å². The van der Waals surface area contributed by atoms with Crippen LogP contribution in [0.5, 0.6) is 5.75 Å². The third-order valence-electron chi connectivity index (χ3n) is 4.25. The van der Waals surface area contributed by atoms with E-state index >= 15 is 0 Å². The molecule has 138 valence electrons. The fraction of sp³-hybridized carbons (Fsp3) is 0.263. The van der Waals surface area contributed by atoms with Gasteiger partial charge in [0.05, 0.1) is 11.5 Å². The Bertz CT molecular complexity index is 941. The number of nitro groups is 1. The van der Waals surface area contributed by atoms with E-state index < -0.39 is 4.92 Å². The van der Waals surface area contributed by atoms with Crippen LogP contribution < -0.4 is 4.74 Å². The van der Waals surface area contributed by atoms with E-state index in [9.17, 15) is 10.1 Å². The number of aromatic nitrogens is 3. The number of hydrogen-bond acceptors (Lipinski definition) is 6. The number of benzene rings is 2. The highest BCUT2D eigenvalue weighted by Crippen LogP contribution is 2.41. The van der Waals surface area contributed by atoms with E-state index in [1.165, 1.54) is 17.8 Å². The number of ether oxygens (including phenoxy) is 1. The minimum Gasteiger partial charge on any atom is -0.486 e. The van der Waals surface area contributed by atoms with Gasteiger partial charge in [-0.05, 0) is 31.0 Å². The zero-order chi connectivity index (χ0) is 18.6. The maximum atomic E-state index is 11.0. The molecule has 1 fully saturated rings. The fourth-order valence-electron chi connectivity index (χ4n) is 2.82. The first-order chi connectivity index (χ1) is 13.2. The lowest BCUT2D eigenvalue weighted by atomic mass is 10.3. The van der Waals surface area contributed by atoms with Crippen molar-refractivity contribution in [2.24, 2.45) is 0 Å². The third-order valence-corrected chi connectivity index (χ3v) is 5.14. The lowest BCUT2D eigenvalue weighted by Gasteiger charge is -2.10. The molecule has 0 radical (unpaired) electrons. The average molecular weight is 382 g/mol. The van der Waals surface area contributed by atoms with Crippen LogP contribution in [0.25, 0.3) is 5.69 Å². The van der Waals surface area contributed by atoms with Gasteiger partial charge >= 0.3 is 5.69 Å². The molecule has 3 aromatic rings. The van der Waals surface area contributed by atoms with Gasteiger partial charge in [0, 0.05) is 23.4 Å². The van der Waals surface area contributed by atoms with Crippen LogP contribution in [0.15, 0.2) is 59.8 Å². The molecule has 0 saturated heterocycles. The number of nitro benzene ring substituents is 1. The van der Waals surface area contributed by atoms with Crippen LogP contribution in [0.1, 0.15) is 24.6 Å². The quantitative estimate of drug-likeness (QED) is 0.251. The van der Waals surface area contributed by atoms with Crippen molar-refractivity contribution in [2.75, 3.05) is 12.4 Å². The molecular weight excluding hydrogens is 364 g/mol. The van der Waals surface area contributed by atoms with Gasteiger partial charge in [-0.1, -0.05) is 42.1 Å². The highest BCUT2D eigenvalue weighted by molar-refractivity contribution is 7.99. The molecule has 2 aromatic carbocycles. The topological polar surface area (TPSA) is 83.1 Å². The minimum atomic E-state index is -0.434. The molecule has 0 aliphatic heterocycles. The Hall–Kier alpha value is -2.87. The highest BCUT2D eigenvalue weighted by atomic mass is 32.2. The molecule has 0 spiro atoms. The van der Waals surface area contributed by atoms with E-state index in [4.69, 9.17) is 4.74 Å². The summed E-state index contributed by atoms with van der Waals surface area (Å²) < 4.78 is 7.72. The largest absolute Gasteiger partial charge is 0.486 e. The van der Waals surface area contributed by atoms with Crippen molar-refractivity contribution in [2.45, 2.75) is 23.9 Å². The number of hydrogen-bond donors (Lipinski definition) is 0. The first kappa shape index (κ1) is 17.5. The van der Waals surface area contributed by atoms with Crippen LogP contribution in [-0.4, -0.2) is 32.0 Å². The molecular formula is C19H18N4O3S. The monoisotopic (exact) mass is 382 g/mol. The summed E-state index contributed by atoms with van der Waals surface area (Å²) in [5, 5.41) is 20.6. The van der Waals surface area contributed by atoms with E-state index in [2.05, 4.69) is 14.8 Å². The molecule has 0 unspecified atom stereocenters. The summed E-state index contributed by atoms with van der Waals surface area (Å²) in [4.78, 5) is 10.6. The van der Waals surface area contributed by atoms with Gasteiger partial charge in [0.15, 0.2) is 10.9 Å². The minimum absolute atomic E-state index is 0.0222. The summed E-state index contributed by atoms with van der Waals surface area (Å²) in [5.41, 5.74) is 1.03. The number of rotatable bonds is 8. The van der Waals surface area contributed by atoms with Crippen LogP contribution >= 0.6 is 11.8 Å². The smallest absolute Gasteiger partial charge is 0.310 e. The fourth-order valence-corrected chi connectivity index (χ4v) is 3.59. The molecule has 0 amide bonds. The van der Waals surface area contributed by atoms with Crippen molar-refractivity contribution < 1.29 is 9.66 Å². The number of para-hydroxylation sites is 3. The summed E-state index contributed by atoms with van der Waals surface area (Å²) in [5.74, 6) is 2.38. The van der Waals surface area contributed by atoms with E-state index in [0.717, 1.165) is 29.5 Å². The van der Waals surface area contributed by atoms with Crippen molar-refractivity contribution in [3.8, 4) is 11.4 Å². The normalized spacial score (nSPS) is 13.5. The van der Waals surface area contributed by atoms with Crippen LogP contribution in [0.2, 0.25) is 0 Å². The summed E-state index contributed by atoms with van der Waals surface area (Å²) in [6.07, 6.45) is 2.30. The Kier molecular flexibility index (Phi) is 5.06. The van der Waals surface area contributed by atoms with Gasteiger partial charge in [0.25, 0.3) is 0 Å². The lowest BCUT2D eigenvalue weighted by Crippen LogP contribution is -2.05. The zero-order valence-corrected chi connectivity index (χ0v) is 15.3. The predicted octanol–water partition coefficient (Wildman–Crippen LogP) is 4.22. The molecule has 27 heavy (non-hydrogen) atoms. The molecule has 0 atom stereocenters. The predicted molar refractivity (Wildman–Crippen MR) is 103 cm³/mol. The first-order valence-electron chi connectivity index (χ1n) is 8.74. The standard InChI is InChI=1S/C19H18N4O3S/c24-23(25)16-8-4-5-9-17(16)26-12-13-27-19-21-20-18(14-10-11-14)22(19)15-6-2-1-3-7-15/h1-9,14H,10-13H2. The van der Waals surface area contributed by atoms with E-state index in [1.54, 1.807) is 18.2 Å². The van der Waals surface area contributed by atoms with Crippen LogP contribution in [0, 0.1) is 10.1 Å². The highest BCUT2D eigenvalue weighted by Gasteiger charge is 2.31. The third kappa shape index (κ3) is 3.95. The summed E-state index contributed by atoms with van der Waals surface area (Å²) in [7, 11) is 0. The Labute approximate surface area is 160 Å². The van der Waals surface area contributed by atoms with Gasteiger partial charge in [0.2, 0.25) is 0 Å². The molecule has 0 N–H and O–H groups in total. The lowest BCUT2D eigenvalue weighted by molar-refractivity contribution is -0.385. The maximum absolute atomic E-state index is 11.0. The van der Waals surface area contributed by atoms with Gasteiger partial charge in [-0.3, -0.25) is 14.7 Å². The molecule has 7 nitrogen and oxygen atoms in total. The molecule has 1 saturated carbocycles. The maximum Gasteiger partial charge on any atom is 0.310 e. The summed E-state index contributed by atoms with van der Waals surface area (Å²) in [6.45, 7) is 0.343. The van der Waals surface area contributed by atoms with Crippen molar-refractivity contribution in [1.29, 1.82) is 0 Å². The zero-order valence-electron chi connectivity index (χ0n) is 14.5. The van der Waals surface area contributed by atoms with Gasteiger partial charge < -0.3 is 4.74 Å². The molecule has 0 bridgehead atoms. The van der Waals surface area contributed by atoms with E-state index in [1.807, 2.05) is 30.3 Å².